The van der Waals surface area contributed by atoms with Crippen molar-refractivity contribution in [1.82, 2.24) is 9.21 Å². The van der Waals surface area contributed by atoms with E-state index in [-0.39, 0.29) is 53.1 Å². The van der Waals surface area contributed by atoms with Crippen LogP contribution in [0, 0.1) is 11.7 Å². The second-order valence-corrected chi connectivity index (χ2v) is 22.4. The predicted molar refractivity (Wildman–Crippen MR) is 214 cm³/mol. The topological polar surface area (TPSA) is 127 Å². The number of sulfonamides is 1. The molecule has 4 rings (SSSR count). The predicted octanol–water partition coefficient (Wildman–Crippen LogP) is 8.23. The molecule has 296 valence electrons. The number of hydrogen-bond donors (Lipinski definition) is 2. The van der Waals surface area contributed by atoms with Gasteiger partial charge >= 0.3 is 6.03 Å². The molecule has 0 unspecified atom stereocenters. The van der Waals surface area contributed by atoms with E-state index in [2.05, 4.69) is 44.5 Å². The highest BCUT2D eigenvalue weighted by molar-refractivity contribution is 7.89. The van der Waals surface area contributed by atoms with Crippen LogP contribution in [0.25, 0.3) is 0 Å². The summed E-state index contributed by atoms with van der Waals surface area (Å²) in [5, 5.41) is 5.60. The van der Waals surface area contributed by atoms with E-state index >= 15 is 0 Å². The Labute approximate surface area is 321 Å². The van der Waals surface area contributed by atoms with Gasteiger partial charge in [-0.25, -0.2) is 17.6 Å². The van der Waals surface area contributed by atoms with Gasteiger partial charge in [0.25, 0.3) is 5.91 Å². The smallest absolute Gasteiger partial charge is 0.323 e. The molecule has 11 nitrogen and oxygen atoms in total. The standard InChI is InChI=1S/C40H57FN4O7SSi/c1-29-27-45(23-25-51-54(7,8)40(3,4)5)38(46)35-26-33(43-39(47)42-32-15-10-9-11-16-32)19-22-36(35)52-30(2)14-12-13-24-50-37(29)28-44(6)53(48,49)34-20-17-31(41)18-21-34/h9-11,15-22,26,29-30,37H,12-14,23-25,27-28H2,1-8H3,(H2,42,43,47)/t29-,30+,37+/m1/s1. The molecule has 2 N–H and O–H groups in total. The molecule has 3 atom stereocenters. The fraction of sp³-hybridized carbons (Fsp3) is 0.500. The Kier molecular flexibility index (Phi) is 14.8. The largest absolute Gasteiger partial charge is 0.490 e. The quantitative estimate of drug-likeness (QED) is 0.199. The van der Waals surface area contributed by atoms with Crippen LogP contribution in [0.2, 0.25) is 18.1 Å². The lowest BCUT2D eigenvalue weighted by Gasteiger charge is -2.37. The first-order valence-electron chi connectivity index (χ1n) is 18.6. The first kappa shape index (κ1) is 42.9. The highest BCUT2D eigenvalue weighted by Gasteiger charge is 2.37. The second kappa shape index (κ2) is 18.7. The number of carbonyl (C=O) groups is 2. The summed E-state index contributed by atoms with van der Waals surface area (Å²) in [6.45, 7) is 15.9. The van der Waals surface area contributed by atoms with Crippen LogP contribution >= 0.6 is 0 Å². The number of nitrogens with zero attached hydrogens (tertiary/aromatic N) is 2. The van der Waals surface area contributed by atoms with E-state index in [1.165, 1.54) is 23.5 Å². The average Bonchev–Trinajstić information content (AvgIpc) is 3.10. The number of anilines is 2. The van der Waals surface area contributed by atoms with Gasteiger partial charge in [0.05, 0.1) is 29.3 Å². The van der Waals surface area contributed by atoms with Gasteiger partial charge in [-0.1, -0.05) is 45.9 Å². The number of ether oxygens (including phenoxy) is 2. The molecule has 0 aromatic heterocycles. The molecule has 0 radical (unpaired) electrons. The molecule has 1 heterocycles. The Hall–Kier alpha value is -3.82. The maximum absolute atomic E-state index is 14.7. The second-order valence-electron chi connectivity index (χ2n) is 15.6. The van der Waals surface area contributed by atoms with Crippen molar-refractivity contribution in [2.75, 3.05) is 50.5 Å². The van der Waals surface area contributed by atoms with Crippen LogP contribution in [0.15, 0.2) is 77.7 Å². The molecule has 0 fully saturated rings. The number of benzene rings is 3. The number of fused-ring (bicyclic) bond motifs is 1. The normalized spacial score (nSPS) is 19.4. The fourth-order valence-corrected chi connectivity index (χ4v) is 8.03. The van der Waals surface area contributed by atoms with Gasteiger partial charge < -0.3 is 29.4 Å². The Morgan fingerprint density at radius 1 is 1.00 bits per heavy atom. The van der Waals surface area contributed by atoms with Crippen LogP contribution in [0.1, 0.15) is 64.2 Å². The van der Waals surface area contributed by atoms with Crippen molar-refractivity contribution in [1.29, 1.82) is 0 Å². The maximum Gasteiger partial charge on any atom is 0.323 e. The highest BCUT2D eigenvalue weighted by Crippen LogP contribution is 2.36. The first-order chi connectivity index (χ1) is 25.4. The molecule has 1 aliphatic rings. The van der Waals surface area contributed by atoms with Gasteiger partial charge in [-0.05, 0) is 98.9 Å². The van der Waals surface area contributed by atoms with Crippen molar-refractivity contribution in [2.24, 2.45) is 5.92 Å². The van der Waals surface area contributed by atoms with Gasteiger partial charge in [-0.2, -0.15) is 4.31 Å². The number of amides is 3. The van der Waals surface area contributed by atoms with Crippen LogP contribution in [-0.4, -0.2) is 90.0 Å². The Morgan fingerprint density at radius 3 is 2.33 bits per heavy atom. The molecular weight excluding hydrogens is 728 g/mol. The summed E-state index contributed by atoms with van der Waals surface area (Å²) < 4.78 is 61.2. The van der Waals surface area contributed by atoms with E-state index in [4.69, 9.17) is 13.9 Å². The van der Waals surface area contributed by atoms with E-state index in [1.54, 1.807) is 35.2 Å². The molecule has 1 aliphatic heterocycles. The van der Waals surface area contributed by atoms with Gasteiger partial charge in [0.1, 0.15) is 11.6 Å². The van der Waals surface area contributed by atoms with Crippen molar-refractivity contribution < 1.29 is 36.3 Å². The Morgan fingerprint density at radius 2 is 1.67 bits per heavy atom. The zero-order chi connectivity index (χ0) is 39.7. The van der Waals surface area contributed by atoms with Crippen LogP contribution < -0.4 is 15.4 Å². The third-order valence-corrected chi connectivity index (χ3v) is 16.6. The van der Waals surface area contributed by atoms with Gasteiger partial charge in [0.2, 0.25) is 10.0 Å². The number of nitrogens with one attached hydrogen (secondary N) is 2. The number of para-hydroxylation sites is 1. The molecule has 0 bridgehead atoms. The van der Waals surface area contributed by atoms with Crippen molar-refractivity contribution in [3.05, 3.63) is 84.2 Å². The third-order valence-electron chi connectivity index (χ3n) is 10.2. The Balaban J connectivity index is 1.67. The van der Waals surface area contributed by atoms with E-state index in [0.717, 1.165) is 25.0 Å². The summed E-state index contributed by atoms with van der Waals surface area (Å²) >= 11 is 0. The number of carbonyl (C=O) groups excluding carboxylic acids is 2. The summed E-state index contributed by atoms with van der Waals surface area (Å²) in [7, 11) is -4.64. The van der Waals surface area contributed by atoms with Crippen LogP contribution in [-0.2, 0) is 19.2 Å². The van der Waals surface area contributed by atoms with Crippen molar-refractivity contribution in [2.45, 2.75) is 89.1 Å². The lowest BCUT2D eigenvalue weighted by Crippen LogP contribution is -2.47. The van der Waals surface area contributed by atoms with Crippen LogP contribution in [0.5, 0.6) is 5.75 Å². The van der Waals surface area contributed by atoms with Gasteiger partial charge in [0.15, 0.2) is 8.32 Å². The molecule has 0 saturated carbocycles. The van der Waals surface area contributed by atoms with E-state index in [0.29, 0.717) is 36.8 Å². The Bertz CT molecular complexity index is 1810. The number of likely N-dealkylation sites (N-methyl/N-ethyl adjacent to an activating group) is 1. The van der Waals surface area contributed by atoms with Crippen LogP contribution in [0.3, 0.4) is 0 Å². The minimum absolute atomic E-state index is 0.0179. The highest BCUT2D eigenvalue weighted by atomic mass is 32.2. The minimum atomic E-state index is -3.96. The van der Waals surface area contributed by atoms with Crippen molar-refractivity contribution in [3.63, 3.8) is 0 Å². The maximum atomic E-state index is 14.7. The SMILES string of the molecule is C[C@@H]1CN(CCO[Si](C)(C)C(C)(C)C)C(=O)c2cc(NC(=O)Nc3ccccc3)ccc2O[C@@H](C)CCCCO[C@H]1CN(C)S(=O)(=O)c1ccc(F)cc1. The lowest BCUT2D eigenvalue weighted by atomic mass is 10.0. The molecule has 3 aromatic carbocycles. The number of halogens is 1. The molecule has 54 heavy (non-hydrogen) atoms. The zero-order valence-corrected chi connectivity index (χ0v) is 34.7. The summed E-state index contributed by atoms with van der Waals surface area (Å²) in [6.07, 6.45) is 1.40. The number of urea groups is 1. The minimum Gasteiger partial charge on any atom is -0.490 e. The molecular formula is C40H57FN4O7SSi. The van der Waals surface area contributed by atoms with Gasteiger partial charge in [0, 0.05) is 50.6 Å². The summed E-state index contributed by atoms with van der Waals surface area (Å²) in [5.41, 5.74) is 1.31. The number of rotatable bonds is 10. The zero-order valence-electron chi connectivity index (χ0n) is 32.9. The summed E-state index contributed by atoms with van der Waals surface area (Å²) in [4.78, 5) is 29.4. The molecule has 0 saturated heterocycles. The lowest BCUT2D eigenvalue weighted by molar-refractivity contribution is -0.00402. The first-order valence-corrected chi connectivity index (χ1v) is 22.9. The molecule has 3 aromatic rings. The van der Waals surface area contributed by atoms with Crippen molar-refractivity contribution >= 4 is 41.7 Å². The molecule has 0 spiro atoms. The van der Waals surface area contributed by atoms with Crippen LogP contribution in [0.4, 0.5) is 20.6 Å². The average molecular weight is 785 g/mol. The number of hydrogen-bond acceptors (Lipinski definition) is 7. The van der Waals surface area contributed by atoms with Gasteiger partial charge in [-0.15, -0.1) is 0 Å². The van der Waals surface area contributed by atoms with E-state index in [9.17, 15) is 22.4 Å². The summed E-state index contributed by atoms with van der Waals surface area (Å²) in [6, 6.07) is 18.4. The summed E-state index contributed by atoms with van der Waals surface area (Å²) in [5.74, 6) is -0.768. The van der Waals surface area contributed by atoms with E-state index in [1.807, 2.05) is 32.0 Å². The third kappa shape index (κ3) is 11.8. The van der Waals surface area contributed by atoms with Gasteiger partial charge in [-0.3, -0.25) is 4.79 Å². The van der Waals surface area contributed by atoms with Crippen molar-refractivity contribution in [3.8, 4) is 5.75 Å². The van der Waals surface area contributed by atoms with E-state index < -0.39 is 36.3 Å². The molecule has 0 aliphatic carbocycles. The molecule has 3 amide bonds. The molecule has 14 heteroatoms. The fourth-order valence-electron chi connectivity index (χ4n) is 5.81. The monoisotopic (exact) mass is 784 g/mol.